The number of sulfone groups is 1. The minimum absolute atomic E-state index is 0.168. The van der Waals surface area contributed by atoms with E-state index < -0.39 is 31.8 Å². The zero-order valence-electron chi connectivity index (χ0n) is 17.8. The fraction of sp³-hybridized carbons (Fsp3) is 0.435. The molecule has 1 amide bonds. The van der Waals surface area contributed by atoms with Gasteiger partial charge in [-0.15, -0.1) is 0 Å². The first-order valence-corrected chi connectivity index (χ1v) is 14.0. The van der Waals surface area contributed by atoms with Crippen molar-refractivity contribution >= 4 is 31.5 Å². The topological polar surface area (TPSA) is 101 Å². The molecule has 2 aliphatic rings. The molecule has 0 bridgehead atoms. The molecule has 9 heteroatoms. The van der Waals surface area contributed by atoms with Crippen molar-refractivity contribution in [2.45, 2.75) is 66.0 Å². The summed E-state index contributed by atoms with van der Waals surface area (Å²) in [5, 5.41) is 2.44. The van der Waals surface area contributed by atoms with E-state index in [1.807, 2.05) is 0 Å². The van der Waals surface area contributed by atoms with E-state index >= 15 is 0 Å². The van der Waals surface area contributed by atoms with Gasteiger partial charge < -0.3 is 5.32 Å². The molecular formula is C23H28N2O5S2. The number of hydrogen-bond donors (Lipinski definition) is 1. The monoisotopic (exact) mass is 476 g/mol. The van der Waals surface area contributed by atoms with E-state index in [2.05, 4.69) is 5.32 Å². The molecule has 0 aromatic heterocycles. The predicted octanol–water partition coefficient (Wildman–Crippen LogP) is 3.58. The summed E-state index contributed by atoms with van der Waals surface area (Å²) in [5.41, 5.74) is 0.447. The number of carbonyl (C=O) groups is 1. The maximum Gasteiger partial charge on any atom is 0.243 e. The Kier molecular flexibility index (Phi) is 6.69. The van der Waals surface area contributed by atoms with Gasteiger partial charge in [0, 0.05) is 12.2 Å². The van der Waals surface area contributed by atoms with Crippen molar-refractivity contribution in [1.29, 1.82) is 0 Å². The lowest BCUT2D eigenvalue weighted by molar-refractivity contribution is -0.120. The molecule has 2 aromatic rings. The van der Waals surface area contributed by atoms with Gasteiger partial charge >= 0.3 is 0 Å². The highest BCUT2D eigenvalue weighted by molar-refractivity contribution is 7.92. The third-order valence-electron chi connectivity index (χ3n) is 6.30. The maximum atomic E-state index is 13.1. The highest BCUT2D eigenvalue weighted by Crippen LogP contribution is 2.30. The van der Waals surface area contributed by atoms with Gasteiger partial charge in [0.05, 0.1) is 15.0 Å². The van der Waals surface area contributed by atoms with Crippen LogP contribution in [0.4, 0.5) is 5.69 Å². The third-order valence-corrected chi connectivity index (χ3v) is 10.5. The summed E-state index contributed by atoms with van der Waals surface area (Å²) in [6.45, 7) is 0.286. The van der Waals surface area contributed by atoms with Crippen LogP contribution in [0.3, 0.4) is 0 Å². The number of amides is 1. The lowest BCUT2D eigenvalue weighted by atomic mass is 10.0. The summed E-state index contributed by atoms with van der Waals surface area (Å²) >= 11 is 0. The SMILES string of the molecule is O=C(Nc1ccc(S(=O)(=O)C2CCCC2)cc1)C1CCCCN1S(=O)(=O)c1ccccc1. The number of carbonyl (C=O) groups excluding carboxylic acids is 1. The Labute approximate surface area is 189 Å². The van der Waals surface area contributed by atoms with Gasteiger partial charge in [-0.05, 0) is 62.1 Å². The van der Waals surface area contributed by atoms with Gasteiger partial charge in [-0.25, -0.2) is 16.8 Å². The molecule has 1 unspecified atom stereocenters. The van der Waals surface area contributed by atoms with Crippen LogP contribution in [0.5, 0.6) is 0 Å². The van der Waals surface area contributed by atoms with Crippen LogP contribution in [0.25, 0.3) is 0 Å². The van der Waals surface area contributed by atoms with Gasteiger partial charge in [0.15, 0.2) is 9.84 Å². The predicted molar refractivity (Wildman–Crippen MR) is 122 cm³/mol. The van der Waals surface area contributed by atoms with E-state index in [0.717, 1.165) is 19.3 Å². The number of rotatable bonds is 6. The maximum absolute atomic E-state index is 13.1. The van der Waals surface area contributed by atoms with Gasteiger partial charge in [-0.3, -0.25) is 4.79 Å². The van der Waals surface area contributed by atoms with Crippen molar-refractivity contribution in [1.82, 2.24) is 4.31 Å². The lowest BCUT2D eigenvalue weighted by Gasteiger charge is -2.33. The molecule has 2 aromatic carbocycles. The Bertz CT molecular complexity index is 1160. The molecular weight excluding hydrogens is 448 g/mol. The minimum Gasteiger partial charge on any atom is -0.325 e. The van der Waals surface area contributed by atoms with Crippen LogP contribution < -0.4 is 5.32 Å². The van der Waals surface area contributed by atoms with Crippen LogP contribution >= 0.6 is 0 Å². The average Bonchev–Trinajstić information content (AvgIpc) is 3.36. The minimum atomic E-state index is -3.79. The highest BCUT2D eigenvalue weighted by Gasteiger charge is 2.37. The van der Waals surface area contributed by atoms with Crippen molar-refractivity contribution in [3.8, 4) is 0 Å². The summed E-state index contributed by atoms with van der Waals surface area (Å²) in [6.07, 6.45) is 5.14. The molecule has 1 N–H and O–H groups in total. The van der Waals surface area contributed by atoms with E-state index in [0.29, 0.717) is 31.4 Å². The molecule has 1 saturated heterocycles. The molecule has 172 valence electrons. The summed E-state index contributed by atoms with van der Waals surface area (Å²) < 4.78 is 53.0. The number of hydrogen-bond acceptors (Lipinski definition) is 5. The molecule has 0 radical (unpaired) electrons. The van der Waals surface area contributed by atoms with Gasteiger partial charge in [0.1, 0.15) is 6.04 Å². The van der Waals surface area contributed by atoms with E-state index in [1.54, 1.807) is 30.3 Å². The van der Waals surface area contributed by atoms with Crippen molar-refractivity contribution in [3.63, 3.8) is 0 Å². The molecule has 0 spiro atoms. The second-order valence-electron chi connectivity index (χ2n) is 8.41. The number of benzene rings is 2. The lowest BCUT2D eigenvalue weighted by Crippen LogP contribution is -2.49. The smallest absolute Gasteiger partial charge is 0.243 e. The van der Waals surface area contributed by atoms with Crippen LogP contribution in [0.2, 0.25) is 0 Å². The Morgan fingerprint density at radius 1 is 0.781 bits per heavy atom. The van der Waals surface area contributed by atoms with Crippen LogP contribution in [0.1, 0.15) is 44.9 Å². The fourth-order valence-electron chi connectivity index (χ4n) is 4.53. The van der Waals surface area contributed by atoms with E-state index in [9.17, 15) is 21.6 Å². The molecule has 1 aliphatic heterocycles. The summed E-state index contributed by atoms with van der Waals surface area (Å²) in [5.74, 6) is -0.407. The number of anilines is 1. The molecule has 7 nitrogen and oxygen atoms in total. The normalized spacial score (nSPS) is 20.8. The first-order chi connectivity index (χ1) is 15.3. The van der Waals surface area contributed by atoms with Crippen LogP contribution in [-0.4, -0.2) is 44.9 Å². The molecule has 1 saturated carbocycles. The second-order valence-corrected chi connectivity index (χ2v) is 12.5. The zero-order valence-corrected chi connectivity index (χ0v) is 19.4. The Morgan fingerprint density at radius 2 is 1.41 bits per heavy atom. The summed E-state index contributed by atoms with van der Waals surface area (Å²) in [6, 6.07) is 13.5. The fourth-order valence-corrected chi connectivity index (χ4v) is 8.06. The highest BCUT2D eigenvalue weighted by atomic mass is 32.2. The number of nitrogens with zero attached hydrogens (tertiary/aromatic N) is 1. The van der Waals surface area contributed by atoms with E-state index in [4.69, 9.17) is 0 Å². The Balaban J connectivity index is 1.50. The molecule has 1 heterocycles. The van der Waals surface area contributed by atoms with Crippen LogP contribution in [-0.2, 0) is 24.7 Å². The van der Waals surface area contributed by atoms with Crippen LogP contribution in [0.15, 0.2) is 64.4 Å². The largest absolute Gasteiger partial charge is 0.325 e. The van der Waals surface area contributed by atoms with E-state index in [1.165, 1.54) is 28.6 Å². The van der Waals surface area contributed by atoms with Crippen molar-refractivity contribution in [2.24, 2.45) is 0 Å². The molecule has 1 atom stereocenters. The Morgan fingerprint density at radius 3 is 2.06 bits per heavy atom. The third kappa shape index (κ3) is 4.60. The van der Waals surface area contributed by atoms with Gasteiger partial charge in [-0.2, -0.15) is 4.31 Å². The summed E-state index contributed by atoms with van der Waals surface area (Å²) in [7, 11) is -7.15. The first-order valence-electron chi connectivity index (χ1n) is 11.0. The van der Waals surface area contributed by atoms with E-state index in [-0.39, 0.29) is 21.6 Å². The summed E-state index contributed by atoms with van der Waals surface area (Å²) in [4.78, 5) is 13.4. The Hall–Kier alpha value is -2.23. The average molecular weight is 477 g/mol. The standard InChI is InChI=1S/C23H28N2O5S2/c26-23(22-12-6-7-17-25(22)32(29,30)21-10-2-1-3-11-21)24-18-13-15-20(16-14-18)31(27,28)19-8-4-5-9-19/h1-3,10-11,13-16,19,22H,4-9,12,17H2,(H,24,26). The van der Waals surface area contributed by atoms with Gasteiger partial charge in [0.25, 0.3) is 0 Å². The molecule has 2 fully saturated rings. The first kappa shape index (κ1) is 22.9. The zero-order chi connectivity index (χ0) is 22.8. The quantitative estimate of drug-likeness (QED) is 0.687. The second kappa shape index (κ2) is 9.33. The van der Waals surface area contributed by atoms with Crippen molar-refractivity contribution in [3.05, 3.63) is 54.6 Å². The van der Waals surface area contributed by atoms with Crippen LogP contribution in [0, 0.1) is 0 Å². The molecule has 4 rings (SSSR count). The van der Waals surface area contributed by atoms with Crippen molar-refractivity contribution < 1.29 is 21.6 Å². The molecule has 32 heavy (non-hydrogen) atoms. The number of piperidine rings is 1. The van der Waals surface area contributed by atoms with Gasteiger partial charge in [-0.1, -0.05) is 37.5 Å². The van der Waals surface area contributed by atoms with Gasteiger partial charge in [0.2, 0.25) is 15.9 Å². The number of nitrogens with one attached hydrogen (secondary N) is 1. The van der Waals surface area contributed by atoms with Crippen molar-refractivity contribution in [2.75, 3.05) is 11.9 Å². The molecule has 1 aliphatic carbocycles. The number of sulfonamides is 1.